The largest absolute Gasteiger partial charge is 0.494 e. The van der Waals surface area contributed by atoms with Crippen LogP contribution in [0.5, 0.6) is 5.75 Å². The number of anilines is 2. The Bertz CT molecular complexity index is 1600. The first kappa shape index (κ1) is 26.5. The minimum Gasteiger partial charge on any atom is -0.494 e. The number of aryl methyl sites for hydroxylation is 2. The predicted octanol–water partition coefficient (Wildman–Crippen LogP) is 3.16. The molecule has 0 radical (unpaired) electrons. The molecule has 0 unspecified atom stereocenters. The van der Waals surface area contributed by atoms with Crippen LogP contribution in [0.15, 0.2) is 76.7 Å². The van der Waals surface area contributed by atoms with Gasteiger partial charge in [0.05, 0.1) is 23.5 Å². The summed E-state index contributed by atoms with van der Waals surface area (Å²) in [6, 6.07) is 15.7. The van der Waals surface area contributed by atoms with Crippen LogP contribution in [-0.2, 0) is 21.4 Å². The van der Waals surface area contributed by atoms with Gasteiger partial charge in [0.2, 0.25) is 5.91 Å². The van der Waals surface area contributed by atoms with Gasteiger partial charge >= 0.3 is 0 Å². The van der Waals surface area contributed by atoms with Crippen LogP contribution >= 0.6 is 0 Å². The molecule has 38 heavy (non-hydrogen) atoms. The number of benzene rings is 2. The molecule has 0 fully saturated rings. The number of amides is 1. The Morgan fingerprint density at radius 2 is 1.71 bits per heavy atom. The number of carbonyl (C=O) groups excluding carboxylic acids is 1. The average Bonchev–Trinajstić information content (AvgIpc) is 2.85. The maximum absolute atomic E-state index is 12.7. The van der Waals surface area contributed by atoms with Crippen LogP contribution in [0.25, 0.3) is 11.3 Å². The minimum absolute atomic E-state index is 0.00489. The topological polar surface area (TPSA) is 145 Å². The maximum Gasteiger partial charge on any atom is 0.263 e. The second-order valence-electron chi connectivity index (χ2n) is 8.32. The Labute approximate surface area is 219 Å². The Balaban J connectivity index is 1.39. The highest BCUT2D eigenvalue weighted by Crippen LogP contribution is 2.20. The van der Waals surface area contributed by atoms with Crippen LogP contribution in [-0.4, -0.2) is 40.5 Å². The fourth-order valence-electron chi connectivity index (χ4n) is 3.63. The molecular formula is C26H26N6O5S. The van der Waals surface area contributed by atoms with Gasteiger partial charge in [-0.25, -0.2) is 23.4 Å². The van der Waals surface area contributed by atoms with E-state index in [1.807, 2.05) is 6.92 Å². The van der Waals surface area contributed by atoms with Gasteiger partial charge < -0.3 is 10.1 Å². The molecule has 0 bridgehead atoms. The maximum atomic E-state index is 12.7. The number of hydrogen-bond acceptors (Lipinski definition) is 8. The van der Waals surface area contributed by atoms with E-state index in [0.29, 0.717) is 29.5 Å². The molecule has 12 heteroatoms. The summed E-state index contributed by atoms with van der Waals surface area (Å²) in [7, 11) is -3.89. The number of ether oxygens (including phenoxy) is 1. The molecule has 2 N–H and O–H groups in total. The molecule has 0 aliphatic carbocycles. The first-order valence-corrected chi connectivity index (χ1v) is 13.2. The Kier molecular flexibility index (Phi) is 7.82. The lowest BCUT2D eigenvalue weighted by Gasteiger charge is -2.10. The lowest BCUT2D eigenvalue weighted by atomic mass is 10.1. The molecule has 4 rings (SSSR count). The van der Waals surface area contributed by atoms with E-state index < -0.39 is 15.9 Å². The van der Waals surface area contributed by atoms with E-state index in [2.05, 4.69) is 25.0 Å². The Morgan fingerprint density at radius 1 is 1.00 bits per heavy atom. The summed E-state index contributed by atoms with van der Waals surface area (Å²) in [6.45, 7) is 5.60. The zero-order valence-corrected chi connectivity index (χ0v) is 21.8. The van der Waals surface area contributed by atoms with Crippen molar-refractivity contribution in [1.82, 2.24) is 19.5 Å². The van der Waals surface area contributed by atoms with Crippen LogP contribution in [0.1, 0.15) is 18.4 Å². The van der Waals surface area contributed by atoms with Crippen LogP contribution in [0.3, 0.4) is 0 Å². The normalized spacial score (nSPS) is 11.1. The smallest absolute Gasteiger partial charge is 0.263 e. The van der Waals surface area contributed by atoms with Crippen molar-refractivity contribution in [2.45, 2.75) is 32.2 Å². The van der Waals surface area contributed by atoms with Gasteiger partial charge in [0.15, 0.2) is 0 Å². The molecule has 4 aromatic rings. The van der Waals surface area contributed by atoms with Gasteiger partial charge in [0, 0.05) is 29.1 Å². The number of sulfonamides is 1. The Hall–Kier alpha value is -4.58. The first-order chi connectivity index (χ1) is 18.1. The zero-order valence-electron chi connectivity index (χ0n) is 21.0. The van der Waals surface area contributed by atoms with E-state index in [1.54, 1.807) is 38.1 Å². The number of hydrogen-bond donors (Lipinski definition) is 2. The van der Waals surface area contributed by atoms with E-state index in [0.717, 1.165) is 11.3 Å². The van der Waals surface area contributed by atoms with Crippen molar-refractivity contribution in [2.75, 3.05) is 16.6 Å². The van der Waals surface area contributed by atoms with Gasteiger partial charge in [-0.3, -0.25) is 18.9 Å². The highest BCUT2D eigenvalue weighted by molar-refractivity contribution is 7.92. The van der Waals surface area contributed by atoms with Gasteiger partial charge in [0.25, 0.3) is 15.6 Å². The second-order valence-corrected chi connectivity index (χ2v) is 10.00. The molecular weight excluding hydrogens is 508 g/mol. The number of aromatic nitrogens is 4. The summed E-state index contributed by atoms with van der Waals surface area (Å²) in [6.07, 6.45) is 1.31. The van der Waals surface area contributed by atoms with E-state index in [-0.39, 0.29) is 22.8 Å². The van der Waals surface area contributed by atoms with Crippen molar-refractivity contribution in [3.8, 4) is 17.0 Å². The number of carbonyl (C=O) groups is 1. The molecule has 0 aliphatic rings. The van der Waals surface area contributed by atoms with Crippen molar-refractivity contribution < 1.29 is 17.9 Å². The fraction of sp³-hybridized carbons (Fsp3) is 0.192. The summed E-state index contributed by atoms with van der Waals surface area (Å²) in [5.41, 5.74) is 1.84. The molecule has 2 aromatic carbocycles. The SMILES string of the molecule is CCOc1ccc(-c2cc(=O)n(CC(=O)Nc3ccc(S(=O)(=O)Nc4cc(C)nc(C)n4)cc3)cn2)cc1. The predicted molar refractivity (Wildman–Crippen MR) is 142 cm³/mol. The van der Waals surface area contributed by atoms with Gasteiger partial charge in [-0.05, 0) is 69.3 Å². The third-order valence-electron chi connectivity index (χ3n) is 5.31. The number of nitrogens with one attached hydrogen (secondary N) is 2. The summed E-state index contributed by atoms with van der Waals surface area (Å²) < 4.78 is 34.4. The summed E-state index contributed by atoms with van der Waals surface area (Å²) >= 11 is 0. The highest BCUT2D eigenvalue weighted by atomic mass is 32.2. The molecule has 0 saturated heterocycles. The standard InChI is InChI=1S/C26H26N6O5S/c1-4-37-21-9-5-19(6-10-21)23-14-26(34)32(16-27-23)15-25(33)30-20-7-11-22(12-8-20)38(35,36)31-24-13-17(2)28-18(3)29-24/h5-14,16H,4,15H2,1-3H3,(H,30,33)(H,28,29,31). The molecule has 0 atom stereocenters. The van der Waals surface area contributed by atoms with Gasteiger partial charge in [-0.2, -0.15) is 0 Å². The second kappa shape index (κ2) is 11.2. The van der Waals surface area contributed by atoms with E-state index in [4.69, 9.17) is 4.74 Å². The summed E-state index contributed by atoms with van der Waals surface area (Å²) in [5.74, 6) is 0.864. The van der Waals surface area contributed by atoms with Crippen molar-refractivity contribution in [1.29, 1.82) is 0 Å². The quantitative estimate of drug-likeness (QED) is 0.333. The van der Waals surface area contributed by atoms with Crippen molar-refractivity contribution in [3.63, 3.8) is 0 Å². The molecule has 2 heterocycles. The minimum atomic E-state index is -3.89. The van der Waals surface area contributed by atoms with E-state index in [9.17, 15) is 18.0 Å². The molecule has 2 aromatic heterocycles. The van der Waals surface area contributed by atoms with Crippen molar-refractivity contribution in [3.05, 3.63) is 88.9 Å². The number of nitrogens with zero attached hydrogens (tertiary/aromatic N) is 4. The molecule has 1 amide bonds. The van der Waals surface area contributed by atoms with Crippen LogP contribution in [0.2, 0.25) is 0 Å². The number of rotatable bonds is 9. The first-order valence-electron chi connectivity index (χ1n) is 11.7. The summed E-state index contributed by atoms with van der Waals surface area (Å²) in [5, 5.41) is 2.65. The third kappa shape index (κ3) is 6.59. The fourth-order valence-corrected chi connectivity index (χ4v) is 4.62. The van der Waals surface area contributed by atoms with Gasteiger partial charge in [-0.1, -0.05) is 0 Å². The van der Waals surface area contributed by atoms with Crippen LogP contribution < -0.4 is 20.3 Å². The van der Waals surface area contributed by atoms with Crippen molar-refractivity contribution >= 4 is 27.4 Å². The molecule has 0 aliphatic heterocycles. The third-order valence-corrected chi connectivity index (χ3v) is 6.68. The van der Waals surface area contributed by atoms with E-state index >= 15 is 0 Å². The molecule has 11 nitrogen and oxygen atoms in total. The van der Waals surface area contributed by atoms with Gasteiger partial charge in [0.1, 0.15) is 23.9 Å². The molecule has 196 valence electrons. The van der Waals surface area contributed by atoms with Gasteiger partial charge in [-0.15, -0.1) is 0 Å². The lowest BCUT2D eigenvalue weighted by Crippen LogP contribution is -2.27. The highest BCUT2D eigenvalue weighted by Gasteiger charge is 2.16. The monoisotopic (exact) mass is 534 g/mol. The van der Waals surface area contributed by atoms with Crippen LogP contribution in [0, 0.1) is 13.8 Å². The lowest BCUT2D eigenvalue weighted by molar-refractivity contribution is -0.116. The molecule has 0 saturated carbocycles. The van der Waals surface area contributed by atoms with Crippen LogP contribution in [0.4, 0.5) is 11.5 Å². The Morgan fingerprint density at radius 3 is 2.34 bits per heavy atom. The average molecular weight is 535 g/mol. The zero-order chi connectivity index (χ0) is 27.3. The summed E-state index contributed by atoms with van der Waals surface area (Å²) in [4.78, 5) is 37.6. The van der Waals surface area contributed by atoms with Crippen molar-refractivity contribution in [2.24, 2.45) is 0 Å². The molecule has 0 spiro atoms. The van der Waals surface area contributed by atoms with E-state index in [1.165, 1.54) is 47.3 Å².